The van der Waals surface area contributed by atoms with E-state index in [2.05, 4.69) is 10.5 Å². The maximum Gasteiger partial charge on any atom is 0.282 e. The molecule has 0 unspecified atom stereocenters. The highest BCUT2D eigenvalue weighted by molar-refractivity contribution is 7.18. The predicted molar refractivity (Wildman–Crippen MR) is 124 cm³/mol. The van der Waals surface area contributed by atoms with Crippen molar-refractivity contribution in [3.8, 4) is 17.6 Å². The average Bonchev–Trinajstić information content (AvgIpc) is 3.11. The minimum Gasteiger partial charge on any atom is -0.493 e. The van der Waals surface area contributed by atoms with Gasteiger partial charge in [-0.05, 0) is 24.1 Å². The number of hydrazone groups is 1. The zero-order chi connectivity index (χ0) is 24.0. The van der Waals surface area contributed by atoms with Crippen LogP contribution in [0.2, 0.25) is 0 Å². The Kier molecular flexibility index (Phi) is 7.22. The lowest BCUT2D eigenvalue weighted by molar-refractivity contribution is -0.385. The third kappa shape index (κ3) is 5.25. The van der Waals surface area contributed by atoms with Gasteiger partial charge in [-0.15, -0.1) is 11.3 Å². The summed E-state index contributed by atoms with van der Waals surface area (Å²) in [5.74, 6) is -0.118. The van der Waals surface area contributed by atoms with E-state index >= 15 is 0 Å². The van der Waals surface area contributed by atoms with E-state index in [0.29, 0.717) is 5.56 Å². The number of anilines is 1. The van der Waals surface area contributed by atoms with Gasteiger partial charge < -0.3 is 15.2 Å². The predicted octanol–water partition coefficient (Wildman–Crippen LogP) is 3.77. The molecular formula is C22H19N5O5S. The Balaban J connectivity index is 1.82. The molecule has 1 amide bonds. The Labute approximate surface area is 193 Å². The molecule has 168 valence electrons. The van der Waals surface area contributed by atoms with Crippen molar-refractivity contribution in [3.63, 3.8) is 0 Å². The first-order chi connectivity index (χ1) is 15.8. The number of rotatable bonds is 8. The van der Waals surface area contributed by atoms with Gasteiger partial charge in [0.2, 0.25) is 0 Å². The second-order valence-corrected chi connectivity index (χ2v) is 7.75. The van der Waals surface area contributed by atoms with E-state index in [-0.39, 0.29) is 44.8 Å². The van der Waals surface area contributed by atoms with Crippen molar-refractivity contribution >= 4 is 34.1 Å². The van der Waals surface area contributed by atoms with Gasteiger partial charge in [-0.25, -0.2) is 5.43 Å². The largest absolute Gasteiger partial charge is 0.493 e. The number of nitro groups is 1. The highest BCUT2D eigenvalue weighted by atomic mass is 32.1. The maximum absolute atomic E-state index is 12.4. The number of carbonyl (C=O) groups excluding carboxylic acids is 1. The number of methoxy groups -OCH3 is 1. The number of nitrogens with zero attached hydrogens (tertiary/aromatic N) is 3. The molecule has 3 N–H and O–H groups in total. The van der Waals surface area contributed by atoms with Gasteiger partial charge in [0.05, 0.1) is 35.4 Å². The molecule has 0 fully saturated rings. The smallest absolute Gasteiger partial charge is 0.282 e. The number of nitriles is 1. The van der Waals surface area contributed by atoms with Gasteiger partial charge in [0.1, 0.15) is 22.6 Å². The molecule has 0 saturated carbocycles. The van der Waals surface area contributed by atoms with E-state index in [1.807, 2.05) is 36.4 Å². The Bertz CT molecular complexity index is 1260. The fourth-order valence-corrected chi connectivity index (χ4v) is 3.85. The molecule has 0 radical (unpaired) electrons. The Morgan fingerprint density at radius 1 is 1.33 bits per heavy atom. The number of thiophene rings is 1. The molecule has 2 aromatic carbocycles. The van der Waals surface area contributed by atoms with E-state index in [4.69, 9.17) is 20.5 Å². The van der Waals surface area contributed by atoms with E-state index in [9.17, 15) is 14.9 Å². The van der Waals surface area contributed by atoms with Crippen molar-refractivity contribution in [2.45, 2.75) is 13.5 Å². The zero-order valence-electron chi connectivity index (χ0n) is 17.7. The summed E-state index contributed by atoms with van der Waals surface area (Å²) < 4.78 is 11.0. The van der Waals surface area contributed by atoms with E-state index in [1.165, 1.54) is 19.2 Å². The van der Waals surface area contributed by atoms with Crippen LogP contribution in [0, 0.1) is 28.4 Å². The molecule has 1 heterocycles. The fraction of sp³-hybridized carbons (Fsp3) is 0.136. The molecule has 3 aromatic rings. The van der Waals surface area contributed by atoms with Crippen LogP contribution >= 0.6 is 11.3 Å². The lowest BCUT2D eigenvalue weighted by Crippen LogP contribution is -2.17. The molecule has 0 saturated heterocycles. The summed E-state index contributed by atoms with van der Waals surface area (Å²) in [6, 6.07) is 13.9. The van der Waals surface area contributed by atoms with E-state index in [1.54, 1.807) is 6.92 Å². The van der Waals surface area contributed by atoms with Gasteiger partial charge >= 0.3 is 0 Å². The molecule has 0 atom stereocenters. The molecule has 0 spiro atoms. The van der Waals surface area contributed by atoms with Crippen LogP contribution in [0.15, 0.2) is 47.6 Å². The zero-order valence-corrected chi connectivity index (χ0v) is 18.5. The summed E-state index contributed by atoms with van der Waals surface area (Å²) in [4.78, 5) is 23.6. The number of benzene rings is 2. The number of amides is 1. The summed E-state index contributed by atoms with van der Waals surface area (Å²) in [6.07, 6.45) is 1.14. The molecule has 3 rings (SSSR count). The third-order valence-corrected chi connectivity index (χ3v) is 5.73. The fourth-order valence-electron chi connectivity index (χ4n) is 2.94. The first-order valence-corrected chi connectivity index (χ1v) is 10.3. The highest BCUT2D eigenvalue weighted by Gasteiger charge is 2.20. The van der Waals surface area contributed by atoms with E-state index < -0.39 is 10.8 Å². The molecule has 0 aliphatic heterocycles. The van der Waals surface area contributed by atoms with Gasteiger partial charge in [0, 0.05) is 0 Å². The van der Waals surface area contributed by atoms with Gasteiger partial charge in [0.15, 0.2) is 11.5 Å². The first-order valence-electron chi connectivity index (χ1n) is 9.51. The summed E-state index contributed by atoms with van der Waals surface area (Å²) in [5.41, 5.74) is 9.44. The summed E-state index contributed by atoms with van der Waals surface area (Å²) in [7, 11) is 1.41. The van der Waals surface area contributed by atoms with Crippen LogP contribution < -0.4 is 20.6 Å². The normalized spacial score (nSPS) is 10.6. The van der Waals surface area contributed by atoms with Crippen LogP contribution in [0.1, 0.15) is 31.9 Å². The number of nitrogens with two attached hydrogens (primary N) is 1. The molecule has 0 aliphatic carbocycles. The van der Waals surface area contributed by atoms with Crippen LogP contribution in [-0.4, -0.2) is 24.2 Å². The number of carbonyl (C=O) groups is 1. The van der Waals surface area contributed by atoms with E-state index in [0.717, 1.165) is 23.1 Å². The van der Waals surface area contributed by atoms with Crippen molar-refractivity contribution in [3.05, 3.63) is 79.7 Å². The van der Waals surface area contributed by atoms with Crippen LogP contribution in [-0.2, 0) is 6.61 Å². The number of hydrogen-bond acceptors (Lipinski definition) is 9. The van der Waals surface area contributed by atoms with Crippen LogP contribution in [0.5, 0.6) is 11.5 Å². The molecular weight excluding hydrogens is 446 g/mol. The van der Waals surface area contributed by atoms with Crippen molar-refractivity contribution < 1.29 is 19.2 Å². The van der Waals surface area contributed by atoms with Gasteiger partial charge in [-0.2, -0.15) is 10.4 Å². The molecule has 1 aromatic heterocycles. The topological polar surface area (TPSA) is 153 Å². The minimum atomic E-state index is -0.584. The van der Waals surface area contributed by atoms with Gasteiger partial charge in [-0.1, -0.05) is 30.3 Å². The molecule has 0 aliphatic rings. The molecule has 33 heavy (non-hydrogen) atoms. The summed E-state index contributed by atoms with van der Waals surface area (Å²) >= 11 is 0.964. The highest BCUT2D eigenvalue weighted by Crippen LogP contribution is 2.34. The monoisotopic (exact) mass is 465 g/mol. The van der Waals surface area contributed by atoms with Crippen molar-refractivity contribution in [1.82, 2.24) is 5.43 Å². The Hall–Kier alpha value is -4.43. The first kappa shape index (κ1) is 23.2. The molecule has 10 nitrogen and oxygen atoms in total. The second kappa shape index (κ2) is 10.3. The third-order valence-electron chi connectivity index (χ3n) is 4.61. The lowest BCUT2D eigenvalue weighted by Gasteiger charge is -2.12. The Morgan fingerprint density at radius 2 is 2.06 bits per heavy atom. The van der Waals surface area contributed by atoms with Gasteiger partial charge in [0.25, 0.3) is 11.6 Å². The molecule has 0 bridgehead atoms. The van der Waals surface area contributed by atoms with Gasteiger partial charge in [-0.3, -0.25) is 14.9 Å². The quantitative estimate of drug-likeness (QED) is 0.292. The maximum atomic E-state index is 12.4. The van der Waals surface area contributed by atoms with Crippen molar-refractivity contribution in [2.75, 3.05) is 12.8 Å². The minimum absolute atomic E-state index is 0.101. The van der Waals surface area contributed by atoms with Crippen molar-refractivity contribution in [1.29, 1.82) is 5.26 Å². The Morgan fingerprint density at radius 3 is 2.67 bits per heavy atom. The SMILES string of the molecule is COc1cc(/C=N\NC(=O)c2sc(N)c(C#N)c2C)c([N+](=O)[O-])cc1OCc1ccccc1. The number of nitrogen functional groups attached to an aromatic ring is 1. The standard InChI is InChI=1S/C22H19N5O5S/c1-13-16(10-23)21(24)33-20(13)22(28)26-25-11-15-8-18(31-2)19(9-17(15)27(29)30)32-12-14-6-4-3-5-7-14/h3-9,11H,12,24H2,1-2H3,(H,26,28)/b25-11-. The van der Waals surface area contributed by atoms with Crippen LogP contribution in [0.4, 0.5) is 10.7 Å². The number of ether oxygens (including phenoxy) is 2. The summed E-state index contributed by atoms with van der Waals surface area (Å²) in [5, 5.41) is 24.8. The second-order valence-electron chi connectivity index (χ2n) is 6.70. The van der Waals surface area contributed by atoms with Crippen LogP contribution in [0.3, 0.4) is 0 Å². The average molecular weight is 465 g/mol. The van der Waals surface area contributed by atoms with Crippen molar-refractivity contribution in [2.24, 2.45) is 5.10 Å². The number of hydrogen-bond donors (Lipinski definition) is 2. The summed E-state index contributed by atoms with van der Waals surface area (Å²) in [6.45, 7) is 1.81. The lowest BCUT2D eigenvalue weighted by atomic mass is 10.1. The van der Waals surface area contributed by atoms with Crippen LogP contribution in [0.25, 0.3) is 0 Å². The number of nitro benzene ring substituents is 1. The number of nitrogens with one attached hydrogen (secondary N) is 1. The molecule has 11 heteroatoms.